The van der Waals surface area contributed by atoms with Crippen LogP contribution in [0.4, 0.5) is 14.6 Å². The molecule has 5 aromatic rings. The van der Waals surface area contributed by atoms with Crippen LogP contribution in [-0.2, 0) is 11.3 Å². The lowest BCUT2D eigenvalue weighted by Crippen LogP contribution is -2.31. The van der Waals surface area contributed by atoms with Gasteiger partial charge in [-0.25, -0.2) is 13.8 Å². The van der Waals surface area contributed by atoms with E-state index in [2.05, 4.69) is 10.3 Å². The second-order valence-corrected chi connectivity index (χ2v) is 11.2. The lowest BCUT2D eigenvalue weighted by molar-refractivity contribution is -0.116. The van der Waals surface area contributed by atoms with Crippen LogP contribution >= 0.6 is 0 Å². The maximum Gasteiger partial charge on any atom is 0.253 e. The number of halogens is 2. The number of hydrogen-bond acceptors (Lipinski definition) is 5. The molecule has 1 aliphatic rings. The van der Waals surface area contributed by atoms with E-state index in [-0.39, 0.29) is 30.7 Å². The second kappa shape index (κ2) is 11.8. The van der Waals surface area contributed by atoms with Crippen LogP contribution in [0.5, 0.6) is 0 Å². The lowest BCUT2D eigenvalue weighted by atomic mass is 9.96. The number of nitrogens with one attached hydrogen (secondary N) is 1. The highest BCUT2D eigenvalue weighted by molar-refractivity contribution is 5.98. The molecule has 7 nitrogen and oxygen atoms in total. The van der Waals surface area contributed by atoms with Crippen molar-refractivity contribution in [3.63, 3.8) is 0 Å². The molecule has 222 valence electrons. The molecule has 3 heterocycles. The van der Waals surface area contributed by atoms with Gasteiger partial charge in [-0.05, 0) is 89.9 Å². The van der Waals surface area contributed by atoms with E-state index in [4.69, 9.17) is 10.2 Å². The number of pyridine rings is 1. The minimum Gasteiger partial charge on any atom is -0.459 e. The monoisotopic (exact) mass is 592 g/mol. The van der Waals surface area contributed by atoms with Crippen LogP contribution in [0.15, 0.2) is 95.6 Å². The standard InChI is InChI=1S/C35H30F2N4O3/c1-35(37)14-15-41(21-35)34(43)25-6-4-23(5-7-25)26-16-27-17-29(20-40-32(42)13-3-22-2-12-31(38)39-19-22)44-33(27)30(18-26)24-8-10-28(36)11-9-24/h2-13,16-19H,14-15,20-21H2,1H3,(H2,38,39)(H,40,42)/b13-3+/t35-/m0/s1. The van der Waals surface area contributed by atoms with Gasteiger partial charge in [0, 0.05) is 41.8 Å². The molecule has 3 aromatic carbocycles. The number of amides is 2. The number of nitrogen functional groups attached to an aromatic ring is 1. The molecule has 1 aliphatic heterocycles. The van der Waals surface area contributed by atoms with Crippen LogP contribution in [0.1, 0.15) is 35.0 Å². The number of nitrogens with two attached hydrogens (primary N) is 1. The largest absolute Gasteiger partial charge is 0.459 e. The van der Waals surface area contributed by atoms with Gasteiger partial charge in [0.15, 0.2) is 0 Å². The molecule has 1 atom stereocenters. The Bertz CT molecular complexity index is 1860. The fourth-order valence-electron chi connectivity index (χ4n) is 5.31. The molecule has 0 radical (unpaired) electrons. The summed E-state index contributed by atoms with van der Waals surface area (Å²) in [4.78, 5) is 30.9. The minimum atomic E-state index is -1.36. The maximum atomic E-state index is 14.3. The van der Waals surface area contributed by atoms with Crippen LogP contribution in [0.3, 0.4) is 0 Å². The van der Waals surface area contributed by atoms with E-state index in [0.717, 1.165) is 33.2 Å². The molecule has 2 amide bonds. The van der Waals surface area contributed by atoms with E-state index in [1.807, 2.05) is 30.3 Å². The van der Waals surface area contributed by atoms with Crippen LogP contribution in [0.2, 0.25) is 0 Å². The van der Waals surface area contributed by atoms with Gasteiger partial charge in [-0.1, -0.05) is 24.3 Å². The Morgan fingerprint density at radius 1 is 1.02 bits per heavy atom. The number of furan rings is 1. The molecule has 0 saturated carbocycles. The summed E-state index contributed by atoms with van der Waals surface area (Å²) in [7, 11) is 0. The predicted molar refractivity (Wildman–Crippen MR) is 167 cm³/mol. The first-order valence-corrected chi connectivity index (χ1v) is 14.2. The molecule has 0 spiro atoms. The lowest BCUT2D eigenvalue weighted by Gasteiger charge is -2.17. The number of rotatable bonds is 7. The Morgan fingerprint density at radius 2 is 1.77 bits per heavy atom. The van der Waals surface area contributed by atoms with Gasteiger partial charge in [0.2, 0.25) is 5.91 Å². The van der Waals surface area contributed by atoms with E-state index in [0.29, 0.717) is 35.7 Å². The molecular formula is C35H30F2N4O3. The van der Waals surface area contributed by atoms with Crippen LogP contribution < -0.4 is 11.1 Å². The number of nitrogens with zero attached hydrogens (tertiary/aromatic N) is 2. The Kier molecular flexibility index (Phi) is 7.69. The fourth-order valence-corrected chi connectivity index (χ4v) is 5.31. The topological polar surface area (TPSA) is 101 Å². The predicted octanol–water partition coefficient (Wildman–Crippen LogP) is 6.79. The van der Waals surface area contributed by atoms with Crippen LogP contribution in [0, 0.1) is 5.82 Å². The van der Waals surface area contributed by atoms with Gasteiger partial charge >= 0.3 is 0 Å². The molecule has 0 aliphatic carbocycles. The van der Waals surface area contributed by atoms with E-state index < -0.39 is 5.67 Å². The smallest absolute Gasteiger partial charge is 0.253 e. The number of likely N-dealkylation sites (tertiary alicyclic amines) is 1. The second-order valence-electron chi connectivity index (χ2n) is 11.2. The van der Waals surface area contributed by atoms with Crippen molar-refractivity contribution in [2.45, 2.75) is 25.6 Å². The van der Waals surface area contributed by atoms with Crippen molar-refractivity contribution in [2.24, 2.45) is 0 Å². The van der Waals surface area contributed by atoms with E-state index >= 15 is 0 Å². The summed E-state index contributed by atoms with van der Waals surface area (Å²) in [6.45, 7) is 2.16. The van der Waals surface area contributed by atoms with Crippen molar-refractivity contribution < 1.29 is 22.8 Å². The van der Waals surface area contributed by atoms with Crippen molar-refractivity contribution in [3.8, 4) is 22.3 Å². The molecule has 2 aromatic heterocycles. The summed E-state index contributed by atoms with van der Waals surface area (Å²) < 4.78 is 34.2. The van der Waals surface area contributed by atoms with Crippen LogP contribution in [-0.4, -0.2) is 40.5 Å². The summed E-state index contributed by atoms with van der Waals surface area (Å²) in [5.41, 5.74) is 9.32. The first-order valence-electron chi connectivity index (χ1n) is 14.2. The van der Waals surface area contributed by atoms with Gasteiger partial charge in [0.05, 0.1) is 13.1 Å². The summed E-state index contributed by atoms with van der Waals surface area (Å²) >= 11 is 0. The number of fused-ring (bicyclic) bond motifs is 1. The average molecular weight is 593 g/mol. The van der Waals surface area contributed by atoms with Crippen LogP contribution in [0.25, 0.3) is 39.3 Å². The molecule has 0 unspecified atom stereocenters. The number of carbonyl (C=O) groups is 2. The zero-order valence-corrected chi connectivity index (χ0v) is 24.0. The fraction of sp³-hybridized carbons (Fsp3) is 0.171. The van der Waals surface area contributed by atoms with E-state index in [1.165, 1.54) is 25.1 Å². The van der Waals surface area contributed by atoms with Gasteiger partial charge < -0.3 is 20.4 Å². The van der Waals surface area contributed by atoms with Gasteiger partial charge in [0.25, 0.3) is 5.91 Å². The molecule has 9 heteroatoms. The molecule has 44 heavy (non-hydrogen) atoms. The maximum absolute atomic E-state index is 14.3. The number of hydrogen-bond donors (Lipinski definition) is 2. The summed E-state index contributed by atoms with van der Waals surface area (Å²) in [6, 6.07) is 22.6. The Morgan fingerprint density at radius 3 is 2.45 bits per heavy atom. The highest BCUT2D eigenvalue weighted by atomic mass is 19.1. The number of alkyl halides is 1. The van der Waals surface area contributed by atoms with Gasteiger partial charge in [-0.3, -0.25) is 9.59 Å². The number of aromatic nitrogens is 1. The van der Waals surface area contributed by atoms with Crippen molar-refractivity contribution in [1.82, 2.24) is 15.2 Å². The first-order chi connectivity index (χ1) is 21.1. The summed E-state index contributed by atoms with van der Waals surface area (Å²) in [6.07, 6.45) is 4.96. The molecule has 1 saturated heterocycles. The number of benzene rings is 3. The number of carbonyl (C=O) groups excluding carboxylic acids is 2. The normalized spacial score (nSPS) is 16.6. The third-order valence-corrected chi connectivity index (χ3v) is 7.67. The van der Waals surface area contributed by atoms with E-state index in [1.54, 1.807) is 53.6 Å². The van der Waals surface area contributed by atoms with Gasteiger partial charge in [-0.15, -0.1) is 0 Å². The SMILES string of the molecule is C[C@]1(F)CCN(C(=O)c2ccc(-c3cc(-c4ccc(F)cc4)c4oc(CNC(=O)/C=C/c5ccc(N)nc5)cc4c3)cc2)C1. The van der Waals surface area contributed by atoms with Crippen molar-refractivity contribution in [3.05, 3.63) is 114 Å². The molecule has 6 rings (SSSR count). The van der Waals surface area contributed by atoms with Crippen molar-refractivity contribution >= 4 is 34.7 Å². The molecule has 1 fully saturated rings. The highest BCUT2D eigenvalue weighted by Crippen LogP contribution is 2.36. The van der Waals surface area contributed by atoms with Gasteiger partial charge in [0.1, 0.15) is 28.6 Å². The first kappa shape index (κ1) is 28.8. The highest BCUT2D eigenvalue weighted by Gasteiger charge is 2.36. The quantitative estimate of drug-likeness (QED) is 0.203. The molecule has 0 bridgehead atoms. The molecular weight excluding hydrogens is 562 g/mol. The number of anilines is 1. The Hall–Kier alpha value is -5.31. The summed E-state index contributed by atoms with van der Waals surface area (Å²) in [5, 5.41) is 3.63. The minimum absolute atomic E-state index is 0.0882. The Labute approximate surface area is 253 Å². The van der Waals surface area contributed by atoms with Crippen molar-refractivity contribution in [1.29, 1.82) is 0 Å². The summed E-state index contributed by atoms with van der Waals surface area (Å²) in [5.74, 6) is 0.0977. The molecule has 3 N–H and O–H groups in total. The average Bonchev–Trinajstić information content (AvgIpc) is 3.61. The van der Waals surface area contributed by atoms with Gasteiger partial charge in [-0.2, -0.15) is 0 Å². The Balaban J connectivity index is 1.26. The third-order valence-electron chi connectivity index (χ3n) is 7.67. The third kappa shape index (κ3) is 6.36. The van der Waals surface area contributed by atoms with E-state index in [9.17, 15) is 18.4 Å². The zero-order chi connectivity index (χ0) is 30.8. The van der Waals surface area contributed by atoms with Crippen molar-refractivity contribution in [2.75, 3.05) is 18.8 Å². The zero-order valence-electron chi connectivity index (χ0n) is 24.0.